The van der Waals surface area contributed by atoms with Crippen LogP contribution in [0.5, 0.6) is 5.75 Å². The molecule has 0 aliphatic carbocycles. The van der Waals surface area contributed by atoms with Crippen LogP contribution in [0.25, 0.3) is 0 Å². The molecule has 0 spiro atoms. The Balaban J connectivity index is 1.98. The van der Waals surface area contributed by atoms with Gasteiger partial charge in [-0.2, -0.15) is 0 Å². The highest BCUT2D eigenvalue weighted by atomic mass is 32.2. The van der Waals surface area contributed by atoms with E-state index in [4.69, 9.17) is 4.74 Å². The molecular formula is C19H24N2O4S. The lowest BCUT2D eigenvalue weighted by atomic mass is 10.2. The maximum atomic E-state index is 12.4. The fourth-order valence-corrected chi connectivity index (χ4v) is 3.20. The van der Waals surface area contributed by atoms with Gasteiger partial charge in [0.2, 0.25) is 15.9 Å². The van der Waals surface area contributed by atoms with Gasteiger partial charge in [-0.25, -0.2) is 13.1 Å². The summed E-state index contributed by atoms with van der Waals surface area (Å²) >= 11 is 0. The summed E-state index contributed by atoms with van der Waals surface area (Å²) < 4.78 is 32.9. The minimum atomic E-state index is -3.63. The molecule has 2 N–H and O–H groups in total. The Kier molecular flexibility index (Phi) is 6.76. The van der Waals surface area contributed by atoms with E-state index in [2.05, 4.69) is 10.0 Å². The highest BCUT2D eigenvalue weighted by molar-refractivity contribution is 7.89. The Morgan fingerprint density at radius 2 is 1.65 bits per heavy atom. The van der Waals surface area contributed by atoms with Crippen molar-refractivity contribution in [2.45, 2.75) is 44.7 Å². The smallest absolute Gasteiger partial charge is 0.240 e. The van der Waals surface area contributed by atoms with Crippen molar-refractivity contribution < 1.29 is 17.9 Å². The van der Waals surface area contributed by atoms with Gasteiger partial charge in [0.15, 0.2) is 0 Å². The van der Waals surface area contributed by atoms with E-state index in [1.54, 1.807) is 19.1 Å². The minimum absolute atomic E-state index is 0.0874. The molecular weight excluding hydrogens is 352 g/mol. The van der Waals surface area contributed by atoms with E-state index in [1.807, 2.05) is 38.1 Å². The minimum Gasteiger partial charge on any atom is -0.491 e. The molecule has 0 heterocycles. The van der Waals surface area contributed by atoms with E-state index in [9.17, 15) is 13.2 Å². The topological polar surface area (TPSA) is 84.5 Å². The van der Waals surface area contributed by atoms with Crippen LogP contribution in [0.1, 0.15) is 32.8 Å². The van der Waals surface area contributed by atoms with E-state index >= 15 is 0 Å². The van der Waals surface area contributed by atoms with Gasteiger partial charge in [0.05, 0.1) is 11.0 Å². The monoisotopic (exact) mass is 376 g/mol. The van der Waals surface area contributed by atoms with Gasteiger partial charge in [0.25, 0.3) is 0 Å². The predicted molar refractivity (Wildman–Crippen MR) is 102 cm³/mol. The standard InChI is InChI=1S/C19H24N2O4S/c1-4-19(22)21-16-7-11-18(12-8-16)26(23,24)20-13-15-5-9-17(10-6-15)25-14(2)3/h5-12,14,20H,4,13H2,1-3H3,(H,21,22). The molecule has 0 saturated carbocycles. The number of benzene rings is 2. The second kappa shape index (κ2) is 8.82. The third kappa shape index (κ3) is 5.86. The van der Waals surface area contributed by atoms with Crippen LogP contribution in [0, 0.1) is 0 Å². The molecule has 0 unspecified atom stereocenters. The molecule has 0 aliphatic heterocycles. The van der Waals surface area contributed by atoms with Crippen LogP contribution in [-0.2, 0) is 21.4 Å². The van der Waals surface area contributed by atoms with Crippen molar-refractivity contribution in [3.8, 4) is 5.75 Å². The van der Waals surface area contributed by atoms with E-state index < -0.39 is 10.0 Å². The second-order valence-electron chi connectivity index (χ2n) is 6.06. The molecule has 0 fully saturated rings. The number of sulfonamides is 1. The van der Waals surface area contributed by atoms with Gasteiger partial charge in [-0.1, -0.05) is 19.1 Å². The van der Waals surface area contributed by atoms with Crippen LogP contribution in [0.15, 0.2) is 53.4 Å². The lowest BCUT2D eigenvalue weighted by Crippen LogP contribution is -2.23. The van der Waals surface area contributed by atoms with Crippen LogP contribution in [0.4, 0.5) is 5.69 Å². The summed E-state index contributed by atoms with van der Waals surface area (Å²) in [5.41, 5.74) is 1.40. The summed E-state index contributed by atoms with van der Waals surface area (Å²) in [6.07, 6.45) is 0.451. The molecule has 0 aromatic heterocycles. The highest BCUT2D eigenvalue weighted by Crippen LogP contribution is 2.16. The van der Waals surface area contributed by atoms with Crippen LogP contribution < -0.4 is 14.8 Å². The summed E-state index contributed by atoms with van der Waals surface area (Å²) in [5.74, 6) is 0.625. The molecule has 1 amide bonds. The average molecular weight is 376 g/mol. The number of carbonyl (C=O) groups excluding carboxylic acids is 1. The van der Waals surface area contributed by atoms with Crippen LogP contribution in [0.3, 0.4) is 0 Å². The van der Waals surface area contributed by atoms with Crippen molar-refractivity contribution in [2.75, 3.05) is 5.32 Å². The van der Waals surface area contributed by atoms with Gasteiger partial charge in [-0.05, 0) is 55.8 Å². The fraction of sp³-hybridized carbons (Fsp3) is 0.316. The first-order valence-electron chi connectivity index (χ1n) is 8.45. The zero-order valence-corrected chi connectivity index (χ0v) is 16.0. The Labute approximate surface area is 154 Å². The van der Waals surface area contributed by atoms with E-state index in [-0.39, 0.29) is 23.5 Å². The first-order valence-corrected chi connectivity index (χ1v) is 9.93. The number of hydrogen-bond acceptors (Lipinski definition) is 4. The largest absolute Gasteiger partial charge is 0.491 e. The molecule has 0 aliphatic rings. The van der Waals surface area contributed by atoms with Gasteiger partial charge in [-0.15, -0.1) is 0 Å². The van der Waals surface area contributed by atoms with Crippen molar-refractivity contribution >= 4 is 21.6 Å². The maximum absolute atomic E-state index is 12.4. The van der Waals surface area contributed by atoms with Gasteiger partial charge < -0.3 is 10.1 Å². The summed E-state index contributed by atoms with van der Waals surface area (Å²) in [7, 11) is -3.63. The lowest BCUT2D eigenvalue weighted by molar-refractivity contribution is -0.115. The van der Waals surface area contributed by atoms with Crippen molar-refractivity contribution in [2.24, 2.45) is 0 Å². The van der Waals surface area contributed by atoms with Crippen LogP contribution >= 0.6 is 0 Å². The number of hydrogen-bond donors (Lipinski definition) is 2. The molecule has 6 nitrogen and oxygen atoms in total. The molecule has 0 saturated heterocycles. The summed E-state index contributed by atoms with van der Waals surface area (Å²) in [5, 5.41) is 2.68. The summed E-state index contributed by atoms with van der Waals surface area (Å²) in [6.45, 7) is 5.82. The summed E-state index contributed by atoms with van der Waals surface area (Å²) in [4.78, 5) is 11.5. The second-order valence-corrected chi connectivity index (χ2v) is 7.83. The zero-order chi connectivity index (χ0) is 19.2. The number of anilines is 1. The quantitative estimate of drug-likeness (QED) is 0.740. The number of ether oxygens (including phenoxy) is 1. The van der Waals surface area contributed by atoms with Gasteiger partial charge in [0.1, 0.15) is 5.75 Å². The van der Waals surface area contributed by atoms with Gasteiger partial charge in [0, 0.05) is 18.7 Å². The first-order chi connectivity index (χ1) is 12.3. The average Bonchev–Trinajstić information content (AvgIpc) is 2.61. The number of rotatable bonds is 8. The Morgan fingerprint density at radius 1 is 1.04 bits per heavy atom. The lowest BCUT2D eigenvalue weighted by Gasteiger charge is -2.11. The molecule has 140 valence electrons. The highest BCUT2D eigenvalue weighted by Gasteiger charge is 2.14. The SMILES string of the molecule is CCC(=O)Nc1ccc(S(=O)(=O)NCc2ccc(OC(C)C)cc2)cc1. The Bertz CT molecular complexity index is 829. The van der Waals surface area contributed by atoms with E-state index in [1.165, 1.54) is 12.1 Å². The third-order valence-electron chi connectivity index (χ3n) is 3.53. The molecule has 2 rings (SSSR count). The number of nitrogens with one attached hydrogen (secondary N) is 2. The number of amides is 1. The molecule has 2 aromatic rings. The van der Waals surface area contributed by atoms with E-state index in [0.29, 0.717) is 12.1 Å². The van der Waals surface area contributed by atoms with Crippen molar-refractivity contribution in [3.63, 3.8) is 0 Å². The summed E-state index contributed by atoms with van der Waals surface area (Å²) in [6, 6.07) is 13.3. The molecule has 0 radical (unpaired) electrons. The molecule has 0 atom stereocenters. The van der Waals surface area contributed by atoms with Crippen molar-refractivity contribution in [1.29, 1.82) is 0 Å². The number of carbonyl (C=O) groups is 1. The molecule has 2 aromatic carbocycles. The zero-order valence-electron chi connectivity index (χ0n) is 15.2. The Hall–Kier alpha value is -2.38. The van der Waals surface area contributed by atoms with Crippen LogP contribution in [-0.4, -0.2) is 20.4 Å². The normalized spacial score (nSPS) is 11.4. The molecule has 7 heteroatoms. The van der Waals surface area contributed by atoms with Gasteiger partial charge >= 0.3 is 0 Å². The molecule has 26 heavy (non-hydrogen) atoms. The van der Waals surface area contributed by atoms with Gasteiger partial charge in [-0.3, -0.25) is 4.79 Å². The maximum Gasteiger partial charge on any atom is 0.240 e. The predicted octanol–water partition coefficient (Wildman–Crippen LogP) is 3.30. The fourth-order valence-electron chi connectivity index (χ4n) is 2.19. The molecule has 0 bridgehead atoms. The van der Waals surface area contributed by atoms with Crippen molar-refractivity contribution in [3.05, 3.63) is 54.1 Å². The first kappa shape index (κ1) is 19.9. The van der Waals surface area contributed by atoms with E-state index in [0.717, 1.165) is 11.3 Å². The third-order valence-corrected chi connectivity index (χ3v) is 4.95. The van der Waals surface area contributed by atoms with Crippen molar-refractivity contribution in [1.82, 2.24) is 4.72 Å². The Morgan fingerprint density at radius 3 is 2.19 bits per heavy atom. The van der Waals surface area contributed by atoms with Crippen LogP contribution in [0.2, 0.25) is 0 Å².